The first-order valence-electron chi connectivity index (χ1n) is 7.91. The molecule has 2 N–H and O–H groups in total. The lowest BCUT2D eigenvalue weighted by Crippen LogP contribution is -2.46. The van der Waals surface area contributed by atoms with Gasteiger partial charge in [0.25, 0.3) is 11.1 Å². The van der Waals surface area contributed by atoms with Crippen molar-refractivity contribution in [1.82, 2.24) is 9.97 Å². The van der Waals surface area contributed by atoms with Gasteiger partial charge in [-0.3, -0.25) is 9.59 Å². The minimum absolute atomic E-state index is 0. The monoisotopic (exact) mass is 369 g/mol. The van der Waals surface area contributed by atoms with Crippen LogP contribution in [0.4, 0.5) is 5.69 Å². The standard InChI is InChI=1S/C20H19N3O2.ClH/c1-23(2)16-10-8-15(9-11-16)13-18-20(25)21-17(19(24)22-18)12-14-6-4-3-5-7-14;/h3-13H,1-2H3,(H,21,25)(H,22,24);1H/b17-12-,18-13-;. The van der Waals surface area contributed by atoms with Crippen molar-refractivity contribution in [2.75, 3.05) is 19.0 Å². The zero-order valence-electron chi connectivity index (χ0n) is 14.5. The number of nitrogens with one attached hydrogen (secondary N) is 2. The summed E-state index contributed by atoms with van der Waals surface area (Å²) >= 11 is 0. The summed E-state index contributed by atoms with van der Waals surface area (Å²) in [7, 11) is 3.92. The van der Waals surface area contributed by atoms with Gasteiger partial charge in [0.1, 0.15) is 10.7 Å². The number of rotatable bonds is 3. The molecule has 0 fully saturated rings. The van der Waals surface area contributed by atoms with E-state index in [9.17, 15) is 9.59 Å². The Bertz CT molecular complexity index is 1100. The van der Waals surface area contributed by atoms with Gasteiger partial charge in [0.15, 0.2) is 0 Å². The molecule has 0 bridgehead atoms. The van der Waals surface area contributed by atoms with Crippen LogP contribution in [0.2, 0.25) is 0 Å². The molecule has 0 aliphatic heterocycles. The summed E-state index contributed by atoms with van der Waals surface area (Å²) in [6, 6.07) is 17.1. The fourth-order valence-corrected chi connectivity index (χ4v) is 2.45. The van der Waals surface area contributed by atoms with Crippen molar-refractivity contribution in [2.24, 2.45) is 0 Å². The molecule has 0 saturated carbocycles. The van der Waals surface area contributed by atoms with Crippen LogP contribution in [0.5, 0.6) is 0 Å². The molecule has 0 amide bonds. The zero-order valence-corrected chi connectivity index (χ0v) is 15.3. The van der Waals surface area contributed by atoms with Crippen LogP contribution in [0.25, 0.3) is 12.2 Å². The molecule has 0 aliphatic carbocycles. The average Bonchev–Trinajstić information content (AvgIpc) is 2.60. The number of aromatic amines is 2. The van der Waals surface area contributed by atoms with Crippen LogP contribution in [0.3, 0.4) is 0 Å². The van der Waals surface area contributed by atoms with E-state index in [0.29, 0.717) is 0 Å². The molecule has 0 atom stereocenters. The van der Waals surface area contributed by atoms with Crippen LogP contribution in [-0.4, -0.2) is 24.1 Å². The van der Waals surface area contributed by atoms with E-state index in [0.717, 1.165) is 16.8 Å². The summed E-state index contributed by atoms with van der Waals surface area (Å²) in [4.78, 5) is 31.8. The number of halogens is 1. The second-order valence-electron chi connectivity index (χ2n) is 5.92. The lowest BCUT2D eigenvalue weighted by atomic mass is 10.2. The summed E-state index contributed by atoms with van der Waals surface area (Å²) in [5.41, 5.74) is 2.08. The van der Waals surface area contributed by atoms with Crippen molar-refractivity contribution in [3.63, 3.8) is 0 Å². The predicted octanol–water partition coefficient (Wildman–Crippen LogP) is 1.21. The number of benzene rings is 2. The third-order valence-electron chi connectivity index (χ3n) is 3.82. The normalized spacial score (nSPS) is 11.9. The number of hydrogen-bond acceptors (Lipinski definition) is 3. The smallest absolute Gasteiger partial charge is 0.272 e. The quantitative estimate of drug-likeness (QED) is 0.729. The van der Waals surface area contributed by atoms with E-state index in [1.54, 1.807) is 12.2 Å². The number of H-pyrrole nitrogens is 2. The van der Waals surface area contributed by atoms with Crippen molar-refractivity contribution in [1.29, 1.82) is 0 Å². The van der Waals surface area contributed by atoms with Gasteiger partial charge in [-0.15, -0.1) is 12.4 Å². The Hall–Kier alpha value is -3.05. The zero-order chi connectivity index (χ0) is 17.8. The Morgan fingerprint density at radius 1 is 0.731 bits per heavy atom. The largest absolute Gasteiger partial charge is 0.378 e. The molecule has 2 aromatic carbocycles. The molecule has 3 aromatic rings. The van der Waals surface area contributed by atoms with Crippen LogP contribution >= 0.6 is 12.4 Å². The lowest BCUT2D eigenvalue weighted by Gasteiger charge is -2.11. The van der Waals surface area contributed by atoms with E-state index in [4.69, 9.17) is 0 Å². The van der Waals surface area contributed by atoms with E-state index >= 15 is 0 Å². The molecule has 26 heavy (non-hydrogen) atoms. The summed E-state index contributed by atoms with van der Waals surface area (Å²) < 4.78 is 0. The SMILES string of the molecule is CN(C)c1ccc(/C=c2\[nH]c(=O)/c(=C/c3ccccc3)[nH]c2=O)cc1.Cl. The molecule has 0 aliphatic rings. The molecule has 0 unspecified atom stereocenters. The Balaban J connectivity index is 0.00000243. The first kappa shape index (κ1) is 19.3. The van der Waals surface area contributed by atoms with Gasteiger partial charge >= 0.3 is 0 Å². The third-order valence-corrected chi connectivity index (χ3v) is 3.82. The molecule has 6 heteroatoms. The van der Waals surface area contributed by atoms with Crippen molar-refractivity contribution in [3.05, 3.63) is 97.1 Å². The predicted molar refractivity (Wildman–Crippen MR) is 109 cm³/mol. The Morgan fingerprint density at radius 2 is 1.19 bits per heavy atom. The first-order valence-corrected chi connectivity index (χ1v) is 7.91. The molecular weight excluding hydrogens is 350 g/mol. The molecular formula is C20H20ClN3O2. The molecule has 134 valence electrons. The molecule has 0 spiro atoms. The summed E-state index contributed by atoms with van der Waals surface area (Å²) in [6.07, 6.45) is 3.31. The molecule has 5 nitrogen and oxygen atoms in total. The van der Waals surface area contributed by atoms with Crippen molar-refractivity contribution in [3.8, 4) is 0 Å². The minimum atomic E-state index is -0.335. The lowest BCUT2D eigenvalue weighted by molar-refractivity contribution is 1.00. The number of aromatic nitrogens is 2. The summed E-state index contributed by atoms with van der Waals surface area (Å²) in [5.74, 6) is 0. The van der Waals surface area contributed by atoms with E-state index < -0.39 is 0 Å². The van der Waals surface area contributed by atoms with Gasteiger partial charge in [-0.05, 0) is 35.4 Å². The molecule has 3 rings (SSSR count). The molecule has 1 aromatic heterocycles. The maximum absolute atomic E-state index is 12.3. The van der Waals surface area contributed by atoms with Crippen molar-refractivity contribution < 1.29 is 0 Å². The maximum Gasteiger partial charge on any atom is 0.272 e. The third kappa shape index (κ3) is 4.52. The topological polar surface area (TPSA) is 69.0 Å². The fraction of sp³-hybridized carbons (Fsp3) is 0.100. The van der Waals surface area contributed by atoms with Crippen LogP contribution in [0.15, 0.2) is 64.2 Å². The van der Waals surface area contributed by atoms with E-state index in [1.165, 1.54) is 0 Å². The van der Waals surface area contributed by atoms with Gasteiger partial charge in [0.2, 0.25) is 0 Å². The Kier molecular flexibility index (Phi) is 6.20. The van der Waals surface area contributed by atoms with Gasteiger partial charge in [0, 0.05) is 19.8 Å². The van der Waals surface area contributed by atoms with Gasteiger partial charge in [-0.1, -0.05) is 42.5 Å². The maximum atomic E-state index is 12.3. The molecule has 0 saturated heterocycles. The number of hydrogen-bond donors (Lipinski definition) is 2. The van der Waals surface area contributed by atoms with Gasteiger partial charge in [0.05, 0.1) is 0 Å². The molecule has 0 radical (unpaired) electrons. The minimum Gasteiger partial charge on any atom is -0.378 e. The van der Waals surface area contributed by atoms with Crippen LogP contribution < -0.4 is 26.7 Å². The highest BCUT2D eigenvalue weighted by molar-refractivity contribution is 5.85. The average molecular weight is 370 g/mol. The highest BCUT2D eigenvalue weighted by atomic mass is 35.5. The van der Waals surface area contributed by atoms with Crippen LogP contribution in [0, 0.1) is 0 Å². The van der Waals surface area contributed by atoms with Crippen molar-refractivity contribution in [2.45, 2.75) is 0 Å². The van der Waals surface area contributed by atoms with Gasteiger partial charge in [-0.25, -0.2) is 0 Å². The van der Waals surface area contributed by atoms with Crippen LogP contribution in [0.1, 0.15) is 11.1 Å². The highest BCUT2D eigenvalue weighted by Crippen LogP contribution is 2.12. The Labute approximate surface area is 156 Å². The Morgan fingerprint density at radius 3 is 1.65 bits per heavy atom. The van der Waals surface area contributed by atoms with Gasteiger partial charge < -0.3 is 14.9 Å². The highest BCUT2D eigenvalue weighted by Gasteiger charge is 1.98. The van der Waals surface area contributed by atoms with E-state index in [1.807, 2.05) is 73.6 Å². The first-order chi connectivity index (χ1) is 12.0. The number of nitrogens with zero attached hydrogens (tertiary/aromatic N) is 1. The number of anilines is 1. The van der Waals surface area contributed by atoms with E-state index in [2.05, 4.69) is 9.97 Å². The fourth-order valence-electron chi connectivity index (χ4n) is 2.45. The van der Waals surface area contributed by atoms with Crippen LogP contribution in [-0.2, 0) is 0 Å². The summed E-state index contributed by atoms with van der Waals surface area (Å²) in [5, 5.41) is 0.462. The van der Waals surface area contributed by atoms with E-state index in [-0.39, 0.29) is 34.2 Å². The van der Waals surface area contributed by atoms with Gasteiger partial charge in [-0.2, -0.15) is 0 Å². The second-order valence-corrected chi connectivity index (χ2v) is 5.92. The van der Waals surface area contributed by atoms with Crippen molar-refractivity contribution >= 4 is 30.2 Å². The molecule has 1 heterocycles. The second kappa shape index (κ2) is 8.36. The summed E-state index contributed by atoms with van der Waals surface area (Å²) in [6.45, 7) is 0.